The molecule has 0 bridgehead atoms. The van der Waals surface area contributed by atoms with Crippen LogP contribution in [-0.2, 0) is 0 Å². The standard InChI is InChI=1S/C8H12N2O2/c1-9-8-3-2-6(4-10-8)7(12)5-11/h2-4,7,11-12H,5H2,1H3,(H,9,10)/t7-/m0/s1. The predicted octanol–water partition coefficient (Wildman–Crippen LogP) is 0.149. The van der Waals surface area contributed by atoms with Gasteiger partial charge < -0.3 is 15.5 Å². The van der Waals surface area contributed by atoms with Crippen molar-refractivity contribution in [3.63, 3.8) is 0 Å². The summed E-state index contributed by atoms with van der Waals surface area (Å²) in [5.41, 5.74) is 0.622. The second-order valence-electron chi connectivity index (χ2n) is 2.43. The molecule has 0 aliphatic heterocycles. The molecule has 66 valence electrons. The fourth-order valence-electron chi connectivity index (χ4n) is 0.856. The molecule has 4 nitrogen and oxygen atoms in total. The molecule has 1 rings (SSSR count). The summed E-state index contributed by atoms with van der Waals surface area (Å²) in [6.45, 7) is -0.277. The van der Waals surface area contributed by atoms with Crippen molar-refractivity contribution in [3.8, 4) is 0 Å². The number of nitrogens with one attached hydrogen (secondary N) is 1. The fourth-order valence-corrected chi connectivity index (χ4v) is 0.856. The summed E-state index contributed by atoms with van der Waals surface area (Å²) in [6, 6.07) is 3.47. The molecule has 0 aromatic carbocycles. The summed E-state index contributed by atoms with van der Waals surface area (Å²) in [5.74, 6) is 0.740. The molecule has 0 spiro atoms. The summed E-state index contributed by atoms with van der Waals surface area (Å²) in [6.07, 6.45) is 0.704. The van der Waals surface area contributed by atoms with Crippen LogP contribution in [0.5, 0.6) is 0 Å². The number of hydrogen-bond acceptors (Lipinski definition) is 4. The lowest BCUT2D eigenvalue weighted by Crippen LogP contribution is -2.03. The zero-order chi connectivity index (χ0) is 8.97. The third kappa shape index (κ3) is 1.93. The number of hydrogen-bond donors (Lipinski definition) is 3. The smallest absolute Gasteiger partial charge is 0.125 e. The zero-order valence-corrected chi connectivity index (χ0v) is 6.86. The van der Waals surface area contributed by atoms with Gasteiger partial charge in [-0.05, 0) is 6.07 Å². The van der Waals surface area contributed by atoms with Gasteiger partial charge >= 0.3 is 0 Å². The van der Waals surface area contributed by atoms with Crippen LogP contribution in [0.1, 0.15) is 11.7 Å². The van der Waals surface area contributed by atoms with E-state index in [0.717, 1.165) is 5.82 Å². The largest absolute Gasteiger partial charge is 0.393 e. The summed E-state index contributed by atoms with van der Waals surface area (Å²) in [4.78, 5) is 3.98. The third-order valence-electron chi connectivity index (χ3n) is 1.60. The lowest BCUT2D eigenvalue weighted by Gasteiger charge is -2.06. The number of rotatable bonds is 3. The van der Waals surface area contributed by atoms with Crippen LogP contribution in [0.25, 0.3) is 0 Å². The van der Waals surface area contributed by atoms with Gasteiger partial charge in [0, 0.05) is 18.8 Å². The first-order valence-corrected chi connectivity index (χ1v) is 3.70. The van der Waals surface area contributed by atoms with Gasteiger partial charge in [0.25, 0.3) is 0 Å². The summed E-state index contributed by atoms with van der Waals surface area (Å²) in [5, 5.41) is 20.7. The van der Waals surface area contributed by atoms with Gasteiger partial charge in [0.1, 0.15) is 11.9 Å². The predicted molar refractivity (Wildman–Crippen MR) is 45.8 cm³/mol. The second-order valence-corrected chi connectivity index (χ2v) is 2.43. The monoisotopic (exact) mass is 168 g/mol. The Labute approximate surface area is 70.9 Å². The normalized spacial score (nSPS) is 12.6. The van der Waals surface area contributed by atoms with E-state index in [1.165, 1.54) is 6.20 Å². The van der Waals surface area contributed by atoms with Gasteiger partial charge in [-0.25, -0.2) is 4.98 Å². The van der Waals surface area contributed by atoms with E-state index in [-0.39, 0.29) is 6.61 Å². The molecule has 0 fully saturated rings. The van der Waals surface area contributed by atoms with Crippen molar-refractivity contribution in [1.29, 1.82) is 0 Å². The van der Waals surface area contributed by atoms with Gasteiger partial charge in [0.15, 0.2) is 0 Å². The van der Waals surface area contributed by atoms with Gasteiger partial charge in [-0.15, -0.1) is 0 Å². The van der Waals surface area contributed by atoms with E-state index in [1.54, 1.807) is 19.2 Å². The maximum absolute atomic E-state index is 9.18. The molecule has 1 aromatic heterocycles. The van der Waals surface area contributed by atoms with Crippen LogP contribution in [0, 0.1) is 0 Å². The summed E-state index contributed by atoms with van der Waals surface area (Å²) < 4.78 is 0. The molecule has 0 amide bonds. The average molecular weight is 168 g/mol. The molecule has 1 aromatic rings. The van der Waals surface area contributed by atoms with E-state index in [9.17, 15) is 5.11 Å². The van der Waals surface area contributed by atoms with E-state index in [2.05, 4.69) is 10.3 Å². The zero-order valence-electron chi connectivity index (χ0n) is 6.86. The molecule has 1 atom stereocenters. The molecular formula is C8H12N2O2. The topological polar surface area (TPSA) is 65.4 Å². The minimum atomic E-state index is -0.830. The van der Waals surface area contributed by atoms with Crippen LogP contribution in [0.3, 0.4) is 0 Å². The molecule has 4 heteroatoms. The molecular weight excluding hydrogens is 156 g/mol. The van der Waals surface area contributed by atoms with Gasteiger partial charge in [-0.3, -0.25) is 0 Å². The Morgan fingerprint density at radius 2 is 2.33 bits per heavy atom. The van der Waals surface area contributed by atoms with E-state index >= 15 is 0 Å². The fraction of sp³-hybridized carbons (Fsp3) is 0.375. The van der Waals surface area contributed by atoms with Crippen LogP contribution >= 0.6 is 0 Å². The molecule has 0 aliphatic rings. The average Bonchev–Trinajstić information content (AvgIpc) is 2.17. The minimum Gasteiger partial charge on any atom is -0.393 e. The second kappa shape index (κ2) is 4.04. The Kier molecular flexibility index (Phi) is 3.01. The van der Waals surface area contributed by atoms with Crippen molar-refractivity contribution >= 4 is 5.82 Å². The highest BCUT2D eigenvalue weighted by Crippen LogP contribution is 2.12. The van der Waals surface area contributed by atoms with Gasteiger partial charge in [0.2, 0.25) is 0 Å². The Morgan fingerprint density at radius 3 is 2.75 bits per heavy atom. The molecule has 3 N–H and O–H groups in total. The van der Waals surface area contributed by atoms with Gasteiger partial charge in [-0.2, -0.15) is 0 Å². The van der Waals surface area contributed by atoms with Crippen molar-refractivity contribution in [2.24, 2.45) is 0 Å². The van der Waals surface area contributed by atoms with Crippen LogP contribution in [0.4, 0.5) is 5.82 Å². The highest BCUT2D eigenvalue weighted by atomic mass is 16.3. The van der Waals surface area contributed by atoms with E-state index in [0.29, 0.717) is 5.56 Å². The Morgan fingerprint density at radius 1 is 1.58 bits per heavy atom. The first kappa shape index (κ1) is 8.96. The van der Waals surface area contributed by atoms with Gasteiger partial charge in [-0.1, -0.05) is 6.07 Å². The molecule has 0 unspecified atom stereocenters. The number of aliphatic hydroxyl groups excluding tert-OH is 2. The molecule has 12 heavy (non-hydrogen) atoms. The van der Waals surface area contributed by atoms with Crippen molar-refractivity contribution in [3.05, 3.63) is 23.9 Å². The maximum atomic E-state index is 9.18. The van der Waals surface area contributed by atoms with E-state index in [1.807, 2.05) is 0 Å². The molecule has 0 radical (unpaired) electrons. The number of nitrogens with zero attached hydrogens (tertiary/aromatic N) is 1. The third-order valence-corrected chi connectivity index (χ3v) is 1.60. The lowest BCUT2D eigenvalue weighted by molar-refractivity contribution is 0.0954. The first-order chi connectivity index (χ1) is 5.77. The van der Waals surface area contributed by atoms with Crippen molar-refractivity contribution in [2.45, 2.75) is 6.10 Å². The highest BCUT2D eigenvalue weighted by molar-refractivity contribution is 5.34. The van der Waals surface area contributed by atoms with Crippen molar-refractivity contribution < 1.29 is 10.2 Å². The SMILES string of the molecule is CNc1ccc([C@@H](O)CO)cn1. The Hall–Kier alpha value is -1.13. The molecule has 1 heterocycles. The van der Waals surface area contributed by atoms with Crippen LogP contribution in [0.2, 0.25) is 0 Å². The van der Waals surface area contributed by atoms with Crippen LogP contribution < -0.4 is 5.32 Å². The number of aliphatic hydroxyl groups is 2. The van der Waals surface area contributed by atoms with Gasteiger partial charge in [0.05, 0.1) is 6.61 Å². The Bertz CT molecular complexity index is 235. The Balaban J connectivity index is 2.77. The lowest BCUT2D eigenvalue weighted by atomic mass is 10.2. The van der Waals surface area contributed by atoms with Crippen LogP contribution in [-0.4, -0.2) is 28.9 Å². The number of anilines is 1. The maximum Gasteiger partial charge on any atom is 0.125 e. The van der Waals surface area contributed by atoms with E-state index < -0.39 is 6.10 Å². The minimum absolute atomic E-state index is 0.277. The molecule has 0 saturated heterocycles. The molecule has 0 aliphatic carbocycles. The summed E-state index contributed by atoms with van der Waals surface area (Å²) in [7, 11) is 1.77. The van der Waals surface area contributed by atoms with Crippen molar-refractivity contribution in [1.82, 2.24) is 4.98 Å². The number of pyridine rings is 1. The van der Waals surface area contributed by atoms with E-state index in [4.69, 9.17) is 5.11 Å². The first-order valence-electron chi connectivity index (χ1n) is 3.70. The molecule has 0 saturated carbocycles. The number of aromatic nitrogens is 1. The summed E-state index contributed by atoms with van der Waals surface area (Å²) >= 11 is 0. The van der Waals surface area contributed by atoms with Crippen LogP contribution in [0.15, 0.2) is 18.3 Å². The van der Waals surface area contributed by atoms with Crippen molar-refractivity contribution in [2.75, 3.05) is 19.0 Å². The highest BCUT2D eigenvalue weighted by Gasteiger charge is 2.04. The quantitative estimate of drug-likeness (QED) is 0.601.